The molecule has 7 nitrogen and oxygen atoms in total. The Morgan fingerprint density at radius 2 is 2.00 bits per heavy atom. The van der Waals surface area contributed by atoms with Crippen molar-refractivity contribution in [3.05, 3.63) is 59.3 Å². The van der Waals surface area contributed by atoms with Crippen LogP contribution in [0, 0.1) is 6.92 Å². The number of hydrogen-bond donors (Lipinski definition) is 3. The van der Waals surface area contributed by atoms with Crippen molar-refractivity contribution in [2.24, 2.45) is 0 Å². The molecule has 1 fully saturated rings. The highest BCUT2D eigenvalue weighted by Crippen LogP contribution is 2.20. The van der Waals surface area contributed by atoms with Gasteiger partial charge in [-0.15, -0.1) is 0 Å². The summed E-state index contributed by atoms with van der Waals surface area (Å²) in [6.07, 6.45) is 3.90. The minimum Gasteiger partial charge on any atom is -0.384 e. The molecule has 0 aliphatic carbocycles. The molecule has 1 aliphatic rings. The third-order valence-electron chi connectivity index (χ3n) is 5.89. The number of carbonyl (C=O) groups excluding carboxylic acids is 2. The third-order valence-corrected chi connectivity index (χ3v) is 5.89. The van der Waals surface area contributed by atoms with E-state index < -0.39 is 6.04 Å². The number of carbonyl (C=O) groups is 2. The summed E-state index contributed by atoms with van der Waals surface area (Å²) in [5.41, 5.74) is 8.62. The maximum atomic E-state index is 13.1. The van der Waals surface area contributed by atoms with Crippen molar-refractivity contribution in [1.82, 2.24) is 20.5 Å². The number of aryl methyl sites for hydroxylation is 1. The van der Waals surface area contributed by atoms with Crippen LogP contribution in [-0.4, -0.2) is 46.4 Å². The molecular weight excluding hydrogens is 390 g/mol. The van der Waals surface area contributed by atoms with Crippen LogP contribution < -0.4 is 16.4 Å². The standard InChI is InChI=1S/C24H33N5O2/c1-16(2)29-12-6-9-21(29)24(31)28-20(13-19-8-5-4-7-17(19)3)23(30)27-15-18-10-11-22(25)26-14-18/h4-5,7-8,10-11,14,16,20-21H,6,9,12-13,15H2,1-3H3,(H2,25,26)(H,27,30)(H,28,31)/t20-,21+/m0/s1. The predicted molar refractivity (Wildman–Crippen MR) is 122 cm³/mol. The highest BCUT2D eigenvalue weighted by molar-refractivity contribution is 5.90. The summed E-state index contributed by atoms with van der Waals surface area (Å²) < 4.78 is 0. The zero-order chi connectivity index (χ0) is 22.4. The first-order valence-electron chi connectivity index (χ1n) is 10.9. The maximum Gasteiger partial charge on any atom is 0.243 e. The van der Waals surface area contributed by atoms with Gasteiger partial charge in [0.2, 0.25) is 11.8 Å². The van der Waals surface area contributed by atoms with Gasteiger partial charge in [-0.05, 0) is 62.9 Å². The molecule has 2 heterocycles. The Bertz CT molecular complexity index is 897. The van der Waals surface area contributed by atoms with E-state index in [1.165, 1.54) is 0 Å². The van der Waals surface area contributed by atoms with Crippen LogP contribution in [0.4, 0.5) is 5.82 Å². The fraction of sp³-hybridized carbons (Fsp3) is 0.458. The molecule has 0 spiro atoms. The number of nitrogen functional groups attached to an aromatic ring is 1. The quantitative estimate of drug-likeness (QED) is 0.604. The average molecular weight is 424 g/mol. The van der Waals surface area contributed by atoms with Crippen LogP contribution >= 0.6 is 0 Å². The molecular formula is C24H33N5O2. The van der Waals surface area contributed by atoms with E-state index in [-0.39, 0.29) is 17.9 Å². The average Bonchev–Trinajstić information content (AvgIpc) is 3.24. The van der Waals surface area contributed by atoms with Gasteiger partial charge in [0, 0.05) is 25.2 Å². The fourth-order valence-corrected chi connectivity index (χ4v) is 4.08. The number of aromatic nitrogens is 1. The number of hydrogen-bond acceptors (Lipinski definition) is 5. The number of likely N-dealkylation sites (tertiary alicyclic amines) is 1. The zero-order valence-electron chi connectivity index (χ0n) is 18.6. The van der Waals surface area contributed by atoms with Crippen LogP contribution in [0.1, 0.15) is 43.4 Å². The molecule has 2 atom stereocenters. The first-order valence-corrected chi connectivity index (χ1v) is 10.9. The van der Waals surface area contributed by atoms with Crippen LogP contribution in [0.5, 0.6) is 0 Å². The topological polar surface area (TPSA) is 100 Å². The van der Waals surface area contributed by atoms with Crippen molar-refractivity contribution in [1.29, 1.82) is 0 Å². The Kier molecular flexibility index (Phi) is 7.63. The lowest BCUT2D eigenvalue weighted by atomic mass is 10.00. The van der Waals surface area contributed by atoms with E-state index >= 15 is 0 Å². The van der Waals surface area contributed by atoms with Gasteiger partial charge in [-0.2, -0.15) is 0 Å². The maximum absolute atomic E-state index is 13.1. The molecule has 4 N–H and O–H groups in total. The van der Waals surface area contributed by atoms with Crippen molar-refractivity contribution in [3.8, 4) is 0 Å². The molecule has 166 valence electrons. The van der Waals surface area contributed by atoms with E-state index in [9.17, 15) is 9.59 Å². The van der Waals surface area contributed by atoms with E-state index in [0.717, 1.165) is 36.1 Å². The number of nitrogens with zero attached hydrogens (tertiary/aromatic N) is 2. The second kappa shape index (κ2) is 10.4. The van der Waals surface area contributed by atoms with Gasteiger partial charge in [0.1, 0.15) is 11.9 Å². The van der Waals surface area contributed by atoms with Gasteiger partial charge in [0.15, 0.2) is 0 Å². The van der Waals surface area contributed by atoms with Crippen molar-refractivity contribution in [3.63, 3.8) is 0 Å². The van der Waals surface area contributed by atoms with E-state index in [1.807, 2.05) is 37.3 Å². The molecule has 7 heteroatoms. The van der Waals surface area contributed by atoms with Crippen molar-refractivity contribution in [2.45, 2.75) is 64.7 Å². The Morgan fingerprint density at radius 1 is 1.23 bits per heavy atom. The van der Waals surface area contributed by atoms with Gasteiger partial charge in [-0.3, -0.25) is 14.5 Å². The minimum atomic E-state index is -0.648. The number of anilines is 1. The Balaban J connectivity index is 1.72. The van der Waals surface area contributed by atoms with Gasteiger partial charge in [0.25, 0.3) is 0 Å². The van der Waals surface area contributed by atoms with E-state index in [0.29, 0.717) is 24.8 Å². The summed E-state index contributed by atoms with van der Waals surface area (Å²) in [6.45, 7) is 7.46. The van der Waals surface area contributed by atoms with Crippen LogP contribution in [0.15, 0.2) is 42.6 Å². The number of pyridine rings is 1. The monoisotopic (exact) mass is 423 g/mol. The van der Waals surface area contributed by atoms with Gasteiger partial charge in [-0.25, -0.2) is 4.98 Å². The van der Waals surface area contributed by atoms with E-state index in [1.54, 1.807) is 12.3 Å². The largest absolute Gasteiger partial charge is 0.384 e. The molecule has 3 rings (SSSR count). The molecule has 2 aromatic rings. The molecule has 0 saturated carbocycles. The molecule has 2 amide bonds. The minimum absolute atomic E-state index is 0.0749. The second-order valence-corrected chi connectivity index (χ2v) is 8.49. The molecule has 1 aromatic carbocycles. The summed E-state index contributed by atoms with van der Waals surface area (Å²) in [5.74, 6) is 0.155. The normalized spacial score (nSPS) is 17.5. The first-order chi connectivity index (χ1) is 14.8. The lowest BCUT2D eigenvalue weighted by molar-refractivity contribution is -0.131. The first kappa shape index (κ1) is 22.7. The summed E-state index contributed by atoms with van der Waals surface area (Å²) in [7, 11) is 0. The second-order valence-electron chi connectivity index (χ2n) is 8.49. The zero-order valence-corrected chi connectivity index (χ0v) is 18.6. The third kappa shape index (κ3) is 6.04. The molecule has 0 radical (unpaired) electrons. The van der Waals surface area contributed by atoms with Gasteiger partial charge < -0.3 is 16.4 Å². The number of benzene rings is 1. The smallest absolute Gasteiger partial charge is 0.243 e. The summed E-state index contributed by atoms with van der Waals surface area (Å²) in [4.78, 5) is 32.5. The van der Waals surface area contributed by atoms with Crippen molar-refractivity contribution in [2.75, 3.05) is 12.3 Å². The summed E-state index contributed by atoms with van der Waals surface area (Å²) >= 11 is 0. The molecule has 1 aliphatic heterocycles. The molecule has 1 aromatic heterocycles. The van der Waals surface area contributed by atoms with Crippen LogP contribution in [0.2, 0.25) is 0 Å². The fourth-order valence-electron chi connectivity index (χ4n) is 4.08. The predicted octanol–water partition coefficient (Wildman–Crippen LogP) is 2.19. The van der Waals surface area contributed by atoms with Gasteiger partial charge >= 0.3 is 0 Å². The number of nitrogens with one attached hydrogen (secondary N) is 2. The lowest BCUT2D eigenvalue weighted by Gasteiger charge is -2.29. The number of amides is 2. The molecule has 0 bridgehead atoms. The molecule has 31 heavy (non-hydrogen) atoms. The van der Waals surface area contributed by atoms with E-state index in [2.05, 4.69) is 34.4 Å². The van der Waals surface area contributed by atoms with Gasteiger partial charge in [-0.1, -0.05) is 30.3 Å². The number of nitrogens with two attached hydrogens (primary N) is 1. The highest BCUT2D eigenvalue weighted by Gasteiger charge is 2.34. The molecule has 1 saturated heterocycles. The number of rotatable bonds is 8. The van der Waals surface area contributed by atoms with Gasteiger partial charge in [0.05, 0.1) is 6.04 Å². The van der Waals surface area contributed by atoms with E-state index in [4.69, 9.17) is 5.73 Å². The molecule has 0 unspecified atom stereocenters. The Hall–Kier alpha value is -2.93. The van der Waals surface area contributed by atoms with Crippen LogP contribution in [0.25, 0.3) is 0 Å². The summed E-state index contributed by atoms with van der Waals surface area (Å²) in [5, 5.41) is 5.98. The Morgan fingerprint density at radius 3 is 2.68 bits per heavy atom. The van der Waals surface area contributed by atoms with Crippen LogP contribution in [-0.2, 0) is 22.6 Å². The SMILES string of the molecule is Cc1ccccc1C[C@H](NC(=O)[C@H]1CCCN1C(C)C)C(=O)NCc1ccc(N)nc1. The van der Waals surface area contributed by atoms with Crippen LogP contribution in [0.3, 0.4) is 0 Å². The Labute approximate surface area is 184 Å². The van der Waals surface area contributed by atoms with Crippen molar-refractivity contribution >= 4 is 17.6 Å². The summed E-state index contributed by atoms with van der Waals surface area (Å²) in [6, 6.07) is 10.9. The van der Waals surface area contributed by atoms with Crippen molar-refractivity contribution < 1.29 is 9.59 Å². The highest BCUT2D eigenvalue weighted by atomic mass is 16.2. The lowest BCUT2D eigenvalue weighted by Crippen LogP contribution is -2.53.